The second kappa shape index (κ2) is 5.75. The van der Waals surface area contributed by atoms with E-state index in [1.165, 1.54) is 6.08 Å². The third-order valence-corrected chi connectivity index (χ3v) is 4.28. The Labute approximate surface area is 143 Å². The van der Waals surface area contributed by atoms with E-state index in [1.807, 2.05) is 0 Å². The Morgan fingerprint density at radius 1 is 1.20 bits per heavy atom. The molecular formula is C19H15NO5. The molecule has 2 aliphatic rings. The summed E-state index contributed by atoms with van der Waals surface area (Å²) < 4.78 is 10.5. The fraction of sp³-hybridized carbons (Fsp3) is 0.158. The number of para-hydroxylation sites is 1. The van der Waals surface area contributed by atoms with Crippen LogP contribution in [0.5, 0.6) is 11.5 Å². The van der Waals surface area contributed by atoms with Gasteiger partial charge >= 0.3 is 0 Å². The first-order valence-electron chi connectivity index (χ1n) is 7.80. The number of fused-ring (bicyclic) bond motifs is 2. The van der Waals surface area contributed by atoms with E-state index in [9.17, 15) is 14.7 Å². The van der Waals surface area contributed by atoms with Crippen molar-refractivity contribution in [2.24, 2.45) is 0 Å². The van der Waals surface area contributed by atoms with Gasteiger partial charge in [0.05, 0.1) is 6.42 Å². The van der Waals surface area contributed by atoms with E-state index in [-0.39, 0.29) is 19.0 Å². The van der Waals surface area contributed by atoms with Crippen LogP contribution in [0.2, 0.25) is 0 Å². The van der Waals surface area contributed by atoms with Gasteiger partial charge in [-0.3, -0.25) is 9.59 Å². The first-order valence-corrected chi connectivity index (χ1v) is 7.80. The molecule has 2 heterocycles. The summed E-state index contributed by atoms with van der Waals surface area (Å²) >= 11 is 0. The van der Waals surface area contributed by atoms with Crippen LogP contribution in [0.25, 0.3) is 6.08 Å². The number of hydrogen-bond donors (Lipinski definition) is 2. The molecule has 126 valence electrons. The molecule has 0 bridgehead atoms. The molecule has 1 amide bonds. The molecule has 0 fully saturated rings. The maximum Gasteiger partial charge on any atom is 0.261 e. The Morgan fingerprint density at radius 2 is 2.00 bits per heavy atom. The smallest absolute Gasteiger partial charge is 0.261 e. The van der Waals surface area contributed by atoms with Crippen molar-refractivity contribution in [1.82, 2.24) is 0 Å². The molecule has 2 aromatic carbocycles. The molecule has 0 spiro atoms. The topological polar surface area (TPSA) is 84.9 Å². The molecular weight excluding hydrogens is 322 g/mol. The van der Waals surface area contributed by atoms with Crippen molar-refractivity contribution in [1.29, 1.82) is 0 Å². The number of allylic oxidation sites excluding steroid dienone is 1. The number of ketones is 1. The minimum absolute atomic E-state index is 0.184. The Hall–Kier alpha value is -3.12. The fourth-order valence-corrected chi connectivity index (χ4v) is 2.99. The Kier molecular flexibility index (Phi) is 3.54. The van der Waals surface area contributed by atoms with E-state index in [2.05, 4.69) is 5.32 Å². The number of amides is 1. The van der Waals surface area contributed by atoms with Crippen LogP contribution in [0.4, 0.5) is 5.69 Å². The maximum absolute atomic E-state index is 12.3. The molecule has 6 heteroatoms. The normalized spacial score (nSPS) is 20.6. The lowest BCUT2D eigenvalue weighted by atomic mass is 9.90. The Bertz CT molecular complexity index is 904. The van der Waals surface area contributed by atoms with Crippen LogP contribution in [0.3, 0.4) is 0 Å². The average molecular weight is 337 g/mol. The van der Waals surface area contributed by atoms with Gasteiger partial charge in [-0.25, -0.2) is 0 Å². The number of carbonyl (C=O) groups is 2. The number of ether oxygens (including phenoxy) is 2. The quantitative estimate of drug-likeness (QED) is 0.836. The van der Waals surface area contributed by atoms with Crippen molar-refractivity contribution < 1.29 is 24.2 Å². The molecule has 1 atom stereocenters. The summed E-state index contributed by atoms with van der Waals surface area (Å²) in [5.74, 6) is 0.347. The molecule has 0 saturated heterocycles. The van der Waals surface area contributed by atoms with E-state index in [4.69, 9.17) is 9.47 Å². The number of aliphatic hydroxyl groups is 1. The zero-order chi connectivity index (χ0) is 17.4. The van der Waals surface area contributed by atoms with Crippen molar-refractivity contribution in [2.75, 3.05) is 12.1 Å². The number of anilines is 1. The second-order valence-corrected chi connectivity index (χ2v) is 5.95. The highest BCUT2D eigenvalue weighted by Crippen LogP contribution is 2.38. The monoisotopic (exact) mass is 337 g/mol. The van der Waals surface area contributed by atoms with Gasteiger partial charge in [0.15, 0.2) is 22.9 Å². The molecule has 2 aliphatic heterocycles. The molecule has 0 aromatic heterocycles. The third-order valence-electron chi connectivity index (χ3n) is 4.28. The van der Waals surface area contributed by atoms with E-state index < -0.39 is 11.5 Å². The van der Waals surface area contributed by atoms with E-state index in [0.29, 0.717) is 22.7 Å². The van der Waals surface area contributed by atoms with Crippen LogP contribution in [-0.2, 0) is 15.2 Å². The van der Waals surface area contributed by atoms with Crippen LogP contribution < -0.4 is 14.8 Å². The van der Waals surface area contributed by atoms with Crippen LogP contribution in [0.1, 0.15) is 17.5 Å². The highest BCUT2D eigenvalue weighted by molar-refractivity contribution is 6.08. The van der Waals surface area contributed by atoms with Gasteiger partial charge in [0.1, 0.15) is 0 Å². The molecule has 25 heavy (non-hydrogen) atoms. The zero-order valence-electron chi connectivity index (χ0n) is 13.2. The van der Waals surface area contributed by atoms with E-state index in [0.717, 1.165) is 5.56 Å². The van der Waals surface area contributed by atoms with Crippen LogP contribution in [-0.4, -0.2) is 23.6 Å². The fourth-order valence-electron chi connectivity index (χ4n) is 2.99. The minimum Gasteiger partial charge on any atom is -0.454 e. The lowest BCUT2D eigenvalue weighted by Gasteiger charge is -2.18. The van der Waals surface area contributed by atoms with Crippen molar-refractivity contribution >= 4 is 23.5 Å². The SMILES string of the molecule is O=C(/C=C/c1ccc2c(c1)OCO2)C[C@@]1(O)C(=O)Nc2ccccc21. The number of hydrogen-bond acceptors (Lipinski definition) is 5. The summed E-state index contributed by atoms with van der Waals surface area (Å²) in [4.78, 5) is 24.4. The number of nitrogens with one attached hydrogen (secondary N) is 1. The number of carbonyl (C=O) groups excluding carboxylic acids is 2. The molecule has 0 saturated carbocycles. The van der Waals surface area contributed by atoms with Crippen molar-refractivity contribution in [3.63, 3.8) is 0 Å². The second-order valence-electron chi connectivity index (χ2n) is 5.95. The summed E-state index contributed by atoms with van der Waals surface area (Å²) in [6, 6.07) is 12.1. The van der Waals surface area contributed by atoms with Crippen molar-refractivity contribution in [3.8, 4) is 11.5 Å². The summed E-state index contributed by atoms with van der Waals surface area (Å²) in [5.41, 5.74) is -0.124. The van der Waals surface area contributed by atoms with Gasteiger partial charge in [-0.15, -0.1) is 0 Å². The highest BCUT2D eigenvalue weighted by atomic mass is 16.7. The third kappa shape index (κ3) is 2.66. The van der Waals surface area contributed by atoms with Crippen LogP contribution in [0, 0.1) is 0 Å². The van der Waals surface area contributed by atoms with Gasteiger partial charge < -0.3 is 19.9 Å². The predicted molar refractivity (Wildman–Crippen MR) is 90.2 cm³/mol. The van der Waals surface area contributed by atoms with E-state index >= 15 is 0 Å². The van der Waals surface area contributed by atoms with Crippen molar-refractivity contribution in [2.45, 2.75) is 12.0 Å². The lowest BCUT2D eigenvalue weighted by Crippen LogP contribution is -2.36. The van der Waals surface area contributed by atoms with Gasteiger partial charge in [-0.1, -0.05) is 30.3 Å². The molecule has 2 N–H and O–H groups in total. The van der Waals surface area contributed by atoms with Crippen LogP contribution in [0.15, 0.2) is 48.5 Å². The maximum atomic E-state index is 12.3. The van der Waals surface area contributed by atoms with Gasteiger partial charge in [-0.05, 0) is 29.8 Å². The Balaban J connectivity index is 1.51. The molecule has 0 aliphatic carbocycles. The minimum atomic E-state index is -1.84. The summed E-state index contributed by atoms with van der Waals surface area (Å²) in [6.07, 6.45) is 2.65. The van der Waals surface area contributed by atoms with Crippen LogP contribution >= 0.6 is 0 Å². The standard InChI is InChI=1S/C19H15NO5/c21-13(7-5-12-6-8-16-17(9-12)25-11-24-16)10-19(23)14-3-1-2-4-15(14)20-18(19)22/h1-9,23H,10-11H2,(H,20,22)/b7-5+/t19-/m0/s1. The zero-order valence-corrected chi connectivity index (χ0v) is 13.2. The Morgan fingerprint density at radius 3 is 2.88 bits per heavy atom. The lowest BCUT2D eigenvalue weighted by molar-refractivity contribution is -0.138. The summed E-state index contributed by atoms with van der Waals surface area (Å²) in [5, 5.41) is 13.3. The number of benzene rings is 2. The van der Waals surface area contributed by atoms with Gasteiger partial charge in [-0.2, -0.15) is 0 Å². The van der Waals surface area contributed by atoms with Crippen molar-refractivity contribution in [3.05, 3.63) is 59.7 Å². The van der Waals surface area contributed by atoms with Gasteiger partial charge in [0.2, 0.25) is 6.79 Å². The summed E-state index contributed by atoms with van der Waals surface area (Å²) in [6.45, 7) is 0.184. The first-order chi connectivity index (χ1) is 12.1. The first kappa shape index (κ1) is 15.4. The molecule has 0 unspecified atom stereocenters. The van der Waals surface area contributed by atoms with Gasteiger partial charge in [0.25, 0.3) is 5.91 Å². The highest BCUT2D eigenvalue weighted by Gasteiger charge is 2.46. The van der Waals surface area contributed by atoms with E-state index in [1.54, 1.807) is 48.5 Å². The molecule has 6 nitrogen and oxygen atoms in total. The number of rotatable bonds is 4. The molecule has 4 rings (SSSR count). The predicted octanol–water partition coefficient (Wildman–Crippen LogP) is 2.23. The average Bonchev–Trinajstić information content (AvgIpc) is 3.16. The largest absolute Gasteiger partial charge is 0.454 e. The molecule has 2 aromatic rings. The molecule has 0 radical (unpaired) electrons. The summed E-state index contributed by atoms with van der Waals surface area (Å²) in [7, 11) is 0. The van der Waals surface area contributed by atoms with Gasteiger partial charge in [0, 0.05) is 11.3 Å².